The molecule has 122 valence electrons. The normalized spacial score (nSPS) is 14.0. The molecule has 1 atom stereocenters. The maximum Gasteiger partial charge on any atom is 0.408 e. The van der Waals surface area contributed by atoms with Crippen LogP contribution in [0, 0.1) is 0 Å². The van der Waals surface area contributed by atoms with Gasteiger partial charge in [-0.15, -0.1) is 0 Å². The second-order valence-electron chi connectivity index (χ2n) is 6.39. The van der Waals surface area contributed by atoms with Gasteiger partial charge in [0.2, 0.25) is 0 Å². The quantitative estimate of drug-likeness (QED) is 0.876. The predicted molar refractivity (Wildman–Crippen MR) is 80.4 cm³/mol. The summed E-state index contributed by atoms with van der Waals surface area (Å²) in [6.45, 7) is 5.91. The first-order chi connectivity index (χ1) is 10.1. The minimum atomic E-state index is -1.51. The van der Waals surface area contributed by atoms with Crippen LogP contribution in [-0.2, 0) is 22.6 Å². The molecule has 0 saturated heterocycles. The number of hydrogen-bond acceptors (Lipinski definition) is 3. The molecule has 5 nitrogen and oxygen atoms in total. The number of carbonyl (C=O) groups excluding carboxylic acids is 1. The fraction of sp³-hybridized carbons (Fsp3) is 0.500. The summed E-state index contributed by atoms with van der Waals surface area (Å²) in [5.74, 6) is -1.17. The van der Waals surface area contributed by atoms with Crippen LogP contribution in [0.25, 0.3) is 0 Å². The number of carbonyl (C=O) groups is 2. The molecule has 0 fully saturated rings. The molecule has 0 saturated carbocycles. The van der Waals surface area contributed by atoms with Gasteiger partial charge in [-0.1, -0.05) is 24.3 Å². The Hall–Kier alpha value is -2.11. The number of aliphatic carboxylic acids is 1. The van der Waals surface area contributed by atoms with Crippen molar-refractivity contribution in [2.24, 2.45) is 0 Å². The van der Waals surface area contributed by atoms with E-state index in [1.165, 1.54) is 6.92 Å². The summed E-state index contributed by atoms with van der Waals surface area (Å²) in [5, 5.41) is 11.8. The van der Waals surface area contributed by atoms with Gasteiger partial charge in [0.25, 0.3) is 0 Å². The van der Waals surface area contributed by atoms with Crippen molar-refractivity contribution in [3.63, 3.8) is 0 Å². The molecule has 0 bridgehead atoms. The maximum atomic E-state index is 12.5. The standard InChI is InChI=1S/C16H22FNO4/c1-15(2,3)22-14(21)18-16(4,13(19)20)9-11-5-7-12(10-17)8-6-11/h5-8H,9-10H2,1-4H3,(H,18,21)(H,19,20)/t16-/m1/s1. The molecule has 0 aliphatic carbocycles. The monoisotopic (exact) mass is 311 g/mol. The zero-order valence-corrected chi connectivity index (χ0v) is 13.3. The third kappa shape index (κ3) is 5.35. The predicted octanol–water partition coefficient (Wildman–Crippen LogP) is 3.07. The Balaban J connectivity index is 2.86. The van der Waals surface area contributed by atoms with Crippen LogP contribution in [0.4, 0.5) is 9.18 Å². The van der Waals surface area contributed by atoms with Gasteiger partial charge in [-0.25, -0.2) is 14.0 Å². The minimum Gasteiger partial charge on any atom is -0.480 e. The smallest absolute Gasteiger partial charge is 0.408 e. The minimum absolute atomic E-state index is 0.0636. The lowest BCUT2D eigenvalue weighted by molar-refractivity contribution is -0.144. The van der Waals surface area contributed by atoms with Crippen LogP contribution in [0.15, 0.2) is 24.3 Å². The summed E-state index contributed by atoms with van der Waals surface area (Å²) in [7, 11) is 0. The number of amides is 1. The van der Waals surface area contributed by atoms with E-state index in [0.717, 1.165) is 0 Å². The Kier molecular flexibility index (Phi) is 5.52. The number of ether oxygens (including phenoxy) is 1. The number of rotatable bonds is 5. The van der Waals surface area contributed by atoms with E-state index in [4.69, 9.17) is 4.74 Å². The van der Waals surface area contributed by atoms with Gasteiger partial charge in [0.15, 0.2) is 0 Å². The molecule has 1 aromatic rings. The molecule has 0 radical (unpaired) electrons. The first-order valence-electron chi connectivity index (χ1n) is 6.94. The fourth-order valence-corrected chi connectivity index (χ4v) is 1.86. The van der Waals surface area contributed by atoms with Crippen molar-refractivity contribution in [2.45, 2.75) is 51.9 Å². The van der Waals surface area contributed by atoms with Gasteiger partial charge >= 0.3 is 12.1 Å². The van der Waals surface area contributed by atoms with E-state index in [0.29, 0.717) is 11.1 Å². The lowest BCUT2D eigenvalue weighted by Crippen LogP contribution is -2.54. The van der Waals surface area contributed by atoms with Crippen LogP contribution in [0.3, 0.4) is 0 Å². The molecule has 0 aromatic heterocycles. The average Bonchev–Trinajstić information content (AvgIpc) is 2.36. The average molecular weight is 311 g/mol. The van der Waals surface area contributed by atoms with E-state index in [-0.39, 0.29) is 6.42 Å². The van der Waals surface area contributed by atoms with Gasteiger partial charge in [0.1, 0.15) is 17.8 Å². The molecule has 1 aromatic carbocycles. The molecule has 0 spiro atoms. The Bertz CT molecular complexity index is 536. The first kappa shape index (κ1) is 17.9. The molecule has 1 rings (SSSR count). The second kappa shape index (κ2) is 6.77. The van der Waals surface area contributed by atoms with Crippen LogP contribution in [0.2, 0.25) is 0 Å². The fourth-order valence-electron chi connectivity index (χ4n) is 1.86. The summed E-state index contributed by atoms with van der Waals surface area (Å²) < 4.78 is 17.6. The van der Waals surface area contributed by atoms with Crippen molar-refractivity contribution < 1.29 is 23.8 Å². The molecule has 0 aliphatic rings. The summed E-state index contributed by atoms with van der Waals surface area (Å²) in [6.07, 6.45) is -0.730. The molecular weight excluding hydrogens is 289 g/mol. The van der Waals surface area contributed by atoms with E-state index in [9.17, 15) is 19.1 Å². The highest BCUT2D eigenvalue weighted by Gasteiger charge is 2.36. The van der Waals surface area contributed by atoms with Crippen molar-refractivity contribution >= 4 is 12.1 Å². The molecule has 22 heavy (non-hydrogen) atoms. The van der Waals surface area contributed by atoms with Crippen molar-refractivity contribution in [1.82, 2.24) is 5.32 Å². The highest BCUT2D eigenvalue weighted by molar-refractivity contribution is 5.84. The van der Waals surface area contributed by atoms with Gasteiger partial charge in [-0.05, 0) is 38.8 Å². The van der Waals surface area contributed by atoms with Crippen LogP contribution < -0.4 is 5.32 Å². The first-order valence-corrected chi connectivity index (χ1v) is 6.94. The van der Waals surface area contributed by atoms with Gasteiger partial charge in [0.05, 0.1) is 0 Å². The van der Waals surface area contributed by atoms with Crippen LogP contribution >= 0.6 is 0 Å². The van der Waals surface area contributed by atoms with E-state index < -0.39 is 29.9 Å². The molecule has 2 N–H and O–H groups in total. The second-order valence-corrected chi connectivity index (χ2v) is 6.39. The van der Waals surface area contributed by atoms with Crippen LogP contribution in [0.5, 0.6) is 0 Å². The van der Waals surface area contributed by atoms with Gasteiger partial charge in [-0.3, -0.25) is 0 Å². The van der Waals surface area contributed by atoms with E-state index in [1.54, 1.807) is 45.0 Å². The zero-order chi connectivity index (χ0) is 17.0. The molecule has 6 heteroatoms. The molecular formula is C16H22FNO4. The van der Waals surface area contributed by atoms with E-state index in [1.807, 2.05) is 0 Å². The third-order valence-electron chi connectivity index (χ3n) is 2.98. The van der Waals surface area contributed by atoms with Crippen molar-refractivity contribution in [3.05, 3.63) is 35.4 Å². The number of carboxylic acid groups (broad SMARTS) is 1. The van der Waals surface area contributed by atoms with Gasteiger partial charge in [-0.2, -0.15) is 0 Å². The van der Waals surface area contributed by atoms with Crippen LogP contribution in [-0.4, -0.2) is 28.3 Å². The summed E-state index contributed by atoms with van der Waals surface area (Å²) >= 11 is 0. The van der Waals surface area contributed by atoms with E-state index in [2.05, 4.69) is 5.32 Å². The molecule has 0 aliphatic heterocycles. The number of carboxylic acids is 1. The Morgan fingerprint density at radius 3 is 2.05 bits per heavy atom. The largest absolute Gasteiger partial charge is 0.480 e. The Labute approximate surface area is 129 Å². The summed E-state index contributed by atoms with van der Waals surface area (Å²) in [5.41, 5.74) is -1.04. The highest BCUT2D eigenvalue weighted by atomic mass is 19.1. The van der Waals surface area contributed by atoms with Crippen molar-refractivity contribution in [1.29, 1.82) is 0 Å². The topological polar surface area (TPSA) is 75.6 Å². The third-order valence-corrected chi connectivity index (χ3v) is 2.98. The van der Waals surface area contributed by atoms with Gasteiger partial charge < -0.3 is 15.2 Å². The molecule has 1 amide bonds. The van der Waals surface area contributed by atoms with E-state index >= 15 is 0 Å². The molecule has 0 unspecified atom stereocenters. The SMILES string of the molecule is CC(C)(C)OC(=O)N[C@](C)(Cc1ccc(CF)cc1)C(=O)O. The van der Waals surface area contributed by atoms with Crippen molar-refractivity contribution in [3.8, 4) is 0 Å². The summed E-state index contributed by atoms with van der Waals surface area (Å²) in [4.78, 5) is 23.3. The number of alkyl halides is 1. The lowest BCUT2D eigenvalue weighted by Gasteiger charge is -2.28. The number of alkyl carbamates (subject to hydrolysis) is 1. The highest BCUT2D eigenvalue weighted by Crippen LogP contribution is 2.17. The Morgan fingerprint density at radius 2 is 1.64 bits per heavy atom. The Morgan fingerprint density at radius 1 is 1.14 bits per heavy atom. The lowest BCUT2D eigenvalue weighted by atomic mass is 9.92. The van der Waals surface area contributed by atoms with Crippen LogP contribution in [0.1, 0.15) is 38.8 Å². The van der Waals surface area contributed by atoms with Gasteiger partial charge in [0, 0.05) is 6.42 Å². The van der Waals surface area contributed by atoms with Crippen molar-refractivity contribution in [2.75, 3.05) is 0 Å². The number of halogens is 1. The number of nitrogens with one attached hydrogen (secondary N) is 1. The number of benzene rings is 1. The summed E-state index contributed by atoms with van der Waals surface area (Å²) in [6, 6.07) is 6.47. The molecule has 0 heterocycles. The zero-order valence-electron chi connectivity index (χ0n) is 13.3. The maximum absolute atomic E-state index is 12.5. The number of hydrogen-bond donors (Lipinski definition) is 2.